The standard InChI is InChI=1S/C22H16FN5O/c23-19-3-1-2-18-21(19)27-14-28-22(18)25-11-10-15-4-7-17(8-5-15)29-20-9-6-16(12-24)13-26-20/h1-9,13-14H,10-11H2,(H,25,27,28). The molecule has 0 bridgehead atoms. The number of aromatic nitrogens is 3. The van der Waals surface area contributed by atoms with E-state index in [2.05, 4.69) is 20.3 Å². The van der Waals surface area contributed by atoms with Crippen molar-refractivity contribution in [2.24, 2.45) is 0 Å². The molecular weight excluding hydrogens is 369 g/mol. The number of hydrogen-bond acceptors (Lipinski definition) is 6. The molecule has 0 saturated carbocycles. The summed E-state index contributed by atoms with van der Waals surface area (Å²) in [6, 6.07) is 17.8. The van der Waals surface area contributed by atoms with Crippen LogP contribution in [0.25, 0.3) is 10.9 Å². The second-order valence-electron chi connectivity index (χ2n) is 6.28. The summed E-state index contributed by atoms with van der Waals surface area (Å²) in [5.41, 5.74) is 1.91. The Morgan fingerprint density at radius 3 is 2.62 bits per heavy atom. The molecule has 6 nitrogen and oxygen atoms in total. The molecule has 0 aliphatic rings. The largest absolute Gasteiger partial charge is 0.439 e. The highest BCUT2D eigenvalue weighted by Gasteiger charge is 2.07. The molecule has 0 amide bonds. The topological polar surface area (TPSA) is 83.7 Å². The number of nitriles is 1. The Bertz CT molecular complexity index is 1170. The number of ether oxygens (including phenoxy) is 1. The third-order valence-corrected chi connectivity index (χ3v) is 4.33. The second kappa shape index (κ2) is 8.31. The molecule has 0 atom stereocenters. The third-order valence-electron chi connectivity index (χ3n) is 4.33. The molecular formula is C22H16FN5O. The predicted octanol–water partition coefficient (Wildman–Crippen LogP) is 4.48. The van der Waals surface area contributed by atoms with Crippen LogP contribution >= 0.6 is 0 Å². The Balaban J connectivity index is 1.36. The van der Waals surface area contributed by atoms with Crippen LogP contribution in [0.5, 0.6) is 11.6 Å². The zero-order valence-electron chi connectivity index (χ0n) is 15.3. The van der Waals surface area contributed by atoms with Gasteiger partial charge in [0.25, 0.3) is 0 Å². The fourth-order valence-electron chi connectivity index (χ4n) is 2.87. The molecule has 0 fully saturated rings. The van der Waals surface area contributed by atoms with Gasteiger partial charge in [-0.05, 0) is 42.3 Å². The zero-order chi connectivity index (χ0) is 20.1. The first kappa shape index (κ1) is 18.3. The molecule has 2 aromatic carbocycles. The van der Waals surface area contributed by atoms with Crippen molar-refractivity contribution < 1.29 is 9.13 Å². The van der Waals surface area contributed by atoms with Crippen molar-refractivity contribution in [1.82, 2.24) is 15.0 Å². The maximum absolute atomic E-state index is 13.8. The van der Waals surface area contributed by atoms with E-state index in [9.17, 15) is 4.39 Å². The molecule has 0 radical (unpaired) electrons. The number of nitrogens with zero attached hydrogens (tertiary/aromatic N) is 4. The van der Waals surface area contributed by atoms with Gasteiger partial charge in [-0.1, -0.05) is 18.2 Å². The van der Waals surface area contributed by atoms with E-state index in [1.807, 2.05) is 30.3 Å². The molecule has 4 rings (SSSR count). The van der Waals surface area contributed by atoms with Crippen molar-refractivity contribution in [2.75, 3.05) is 11.9 Å². The fourth-order valence-corrected chi connectivity index (χ4v) is 2.87. The van der Waals surface area contributed by atoms with Gasteiger partial charge in [0.05, 0.1) is 5.56 Å². The lowest BCUT2D eigenvalue weighted by molar-refractivity contribution is 0.462. The Morgan fingerprint density at radius 2 is 1.86 bits per heavy atom. The van der Waals surface area contributed by atoms with E-state index in [-0.39, 0.29) is 5.82 Å². The Morgan fingerprint density at radius 1 is 1.00 bits per heavy atom. The van der Waals surface area contributed by atoms with Crippen LogP contribution in [0.15, 0.2) is 67.1 Å². The summed E-state index contributed by atoms with van der Waals surface area (Å²) in [6.07, 6.45) is 3.59. The predicted molar refractivity (Wildman–Crippen MR) is 107 cm³/mol. The lowest BCUT2D eigenvalue weighted by atomic mass is 10.1. The second-order valence-corrected chi connectivity index (χ2v) is 6.28. The number of rotatable bonds is 6. The molecule has 0 saturated heterocycles. The number of para-hydroxylation sites is 1. The normalized spacial score (nSPS) is 10.5. The summed E-state index contributed by atoms with van der Waals surface area (Å²) in [4.78, 5) is 12.3. The quantitative estimate of drug-likeness (QED) is 0.527. The minimum Gasteiger partial charge on any atom is -0.439 e. The molecule has 2 heterocycles. The number of hydrogen-bond donors (Lipinski definition) is 1. The lowest BCUT2D eigenvalue weighted by Gasteiger charge is -2.09. The zero-order valence-corrected chi connectivity index (χ0v) is 15.3. The SMILES string of the molecule is N#Cc1ccc(Oc2ccc(CCNc3ncnc4c(F)cccc34)cc2)nc1. The van der Waals surface area contributed by atoms with Crippen LogP contribution < -0.4 is 10.1 Å². The van der Waals surface area contributed by atoms with Gasteiger partial charge >= 0.3 is 0 Å². The van der Waals surface area contributed by atoms with Crippen molar-refractivity contribution in [3.8, 4) is 17.7 Å². The molecule has 4 aromatic rings. The summed E-state index contributed by atoms with van der Waals surface area (Å²) in [7, 11) is 0. The average Bonchev–Trinajstić information content (AvgIpc) is 2.76. The molecule has 142 valence electrons. The van der Waals surface area contributed by atoms with Crippen LogP contribution in [-0.4, -0.2) is 21.5 Å². The van der Waals surface area contributed by atoms with Crippen molar-refractivity contribution in [2.45, 2.75) is 6.42 Å². The summed E-state index contributed by atoms with van der Waals surface area (Å²) < 4.78 is 19.5. The summed E-state index contributed by atoms with van der Waals surface area (Å²) in [5.74, 6) is 1.35. The Hall–Kier alpha value is -4.05. The van der Waals surface area contributed by atoms with Gasteiger partial charge in [-0.25, -0.2) is 19.3 Å². The van der Waals surface area contributed by atoms with Gasteiger partial charge in [0.2, 0.25) is 5.88 Å². The smallest absolute Gasteiger partial charge is 0.219 e. The maximum atomic E-state index is 13.8. The van der Waals surface area contributed by atoms with Gasteiger partial charge in [0.15, 0.2) is 0 Å². The first-order valence-electron chi connectivity index (χ1n) is 8.99. The third kappa shape index (κ3) is 4.28. The molecule has 29 heavy (non-hydrogen) atoms. The molecule has 7 heteroatoms. The Kier molecular flexibility index (Phi) is 5.25. The van der Waals surface area contributed by atoms with Gasteiger partial charge in [0.1, 0.15) is 35.3 Å². The lowest BCUT2D eigenvalue weighted by Crippen LogP contribution is -2.07. The summed E-state index contributed by atoms with van der Waals surface area (Å²) >= 11 is 0. The van der Waals surface area contributed by atoms with Gasteiger partial charge in [-0.2, -0.15) is 5.26 Å². The molecule has 2 aromatic heterocycles. The van der Waals surface area contributed by atoms with Crippen LogP contribution in [-0.2, 0) is 6.42 Å². The number of benzene rings is 2. The van der Waals surface area contributed by atoms with E-state index in [1.54, 1.807) is 24.3 Å². The van der Waals surface area contributed by atoms with Crippen LogP contribution in [0.2, 0.25) is 0 Å². The van der Waals surface area contributed by atoms with E-state index >= 15 is 0 Å². The first-order chi connectivity index (χ1) is 14.2. The van der Waals surface area contributed by atoms with Crippen molar-refractivity contribution >= 4 is 16.7 Å². The van der Waals surface area contributed by atoms with Gasteiger partial charge in [0, 0.05) is 24.2 Å². The van der Waals surface area contributed by atoms with E-state index in [0.29, 0.717) is 40.5 Å². The summed E-state index contributed by atoms with van der Waals surface area (Å²) in [5, 5.41) is 12.7. The highest BCUT2D eigenvalue weighted by molar-refractivity contribution is 5.89. The van der Waals surface area contributed by atoms with E-state index in [1.165, 1.54) is 18.6 Å². The first-order valence-corrected chi connectivity index (χ1v) is 8.99. The molecule has 0 aliphatic carbocycles. The number of nitrogens with one attached hydrogen (secondary N) is 1. The minimum atomic E-state index is -0.361. The summed E-state index contributed by atoms with van der Waals surface area (Å²) in [6.45, 7) is 0.639. The van der Waals surface area contributed by atoms with E-state index in [0.717, 1.165) is 12.0 Å². The van der Waals surface area contributed by atoms with Crippen molar-refractivity contribution in [1.29, 1.82) is 5.26 Å². The van der Waals surface area contributed by atoms with E-state index < -0.39 is 0 Å². The highest BCUT2D eigenvalue weighted by Crippen LogP contribution is 2.22. The number of halogens is 1. The van der Waals surface area contributed by atoms with Crippen LogP contribution in [0.3, 0.4) is 0 Å². The minimum absolute atomic E-state index is 0.308. The molecule has 0 aliphatic heterocycles. The van der Waals surface area contributed by atoms with Gasteiger partial charge < -0.3 is 10.1 Å². The van der Waals surface area contributed by atoms with Crippen LogP contribution in [0.1, 0.15) is 11.1 Å². The molecule has 0 unspecified atom stereocenters. The molecule has 1 N–H and O–H groups in total. The Labute approximate surface area is 166 Å². The van der Waals surface area contributed by atoms with Gasteiger partial charge in [-0.3, -0.25) is 0 Å². The van der Waals surface area contributed by atoms with Crippen LogP contribution in [0.4, 0.5) is 10.2 Å². The molecule has 0 spiro atoms. The van der Waals surface area contributed by atoms with Crippen LogP contribution in [0, 0.1) is 17.1 Å². The van der Waals surface area contributed by atoms with Crippen molar-refractivity contribution in [3.05, 3.63) is 84.1 Å². The monoisotopic (exact) mass is 385 g/mol. The van der Waals surface area contributed by atoms with Gasteiger partial charge in [-0.15, -0.1) is 0 Å². The van der Waals surface area contributed by atoms with E-state index in [4.69, 9.17) is 10.00 Å². The fraction of sp³-hybridized carbons (Fsp3) is 0.0909. The number of fused-ring (bicyclic) bond motifs is 1. The van der Waals surface area contributed by atoms with Crippen molar-refractivity contribution in [3.63, 3.8) is 0 Å². The number of pyridine rings is 1. The number of anilines is 1. The maximum Gasteiger partial charge on any atom is 0.219 e. The average molecular weight is 385 g/mol. The highest BCUT2D eigenvalue weighted by atomic mass is 19.1.